The standard InChI is InChI=1S/C128H184O8/c1-113(2,3)73-121(25,26)97-57-81-49-83-59-98(122(27,28)74-114(4,5)6)61-85-51-87-63-100(124(31,32)76-116(10,11)12)64-88-52-86-62-99(123(29,30)75-115(7,8)9)60-84-50-82(58-97)105(81)129-41-42-132-108-89-53-91-67-102(126(35,36)78-118(16,17)18)69-93(110(91)133-45-43-130-106(83)85)55-95-71-104(128(39,40)80-120(22,23)24)72-96(112(95)136-48-47-135-109(87)88)56-94-70-103(127(37,38)79-119(19,20)21)68-92(111(94)134-46-44-131-107(84)86)54-90(108)66-101(65-89)125(33,34)77-117(13,14)15/h57-72H,41-56,73-80H2,1-40H3. The van der Waals surface area contributed by atoms with Crippen LogP contribution in [0.25, 0.3) is 0 Å². The van der Waals surface area contributed by atoms with E-state index in [1.165, 1.54) is 44.5 Å². The second-order valence-corrected chi connectivity index (χ2v) is 58.2. The molecule has 0 amide bonds. The predicted molar refractivity (Wildman–Crippen MR) is 575 cm³/mol. The number of benzene rings is 8. The van der Waals surface area contributed by atoms with Crippen LogP contribution in [0.5, 0.6) is 46.0 Å². The van der Waals surface area contributed by atoms with E-state index in [0.717, 1.165) is 186 Å². The van der Waals surface area contributed by atoms with Gasteiger partial charge in [-0.05, 0) is 272 Å². The van der Waals surface area contributed by atoms with Crippen LogP contribution in [0.2, 0.25) is 0 Å². The molecule has 8 nitrogen and oxygen atoms in total. The highest BCUT2D eigenvalue weighted by atomic mass is 16.5. The van der Waals surface area contributed by atoms with Crippen molar-refractivity contribution in [2.45, 2.75) is 423 Å². The van der Waals surface area contributed by atoms with Crippen LogP contribution in [0.4, 0.5) is 0 Å². The number of hydrogen-bond donors (Lipinski definition) is 0. The average molecular weight is 1850 g/mol. The summed E-state index contributed by atoms with van der Waals surface area (Å²) >= 11 is 0. The maximum absolute atomic E-state index is 8.12. The summed E-state index contributed by atoms with van der Waals surface area (Å²) in [5, 5.41) is 0. The molecule has 0 atom stereocenters. The smallest absolute Gasteiger partial charge is 0.126 e. The van der Waals surface area contributed by atoms with Crippen LogP contribution in [-0.4, -0.2) is 52.9 Å². The van der Waals surface area contributed by atoms with Gasteiger partial charge >= 0.3 is 0 Å². The molecular formula is C128H184O8. The first-order chi connectivity index (χ1) is 62.2. The van der Waals surface area contributed by atoms with E-state index in [4.69, 9.17) is 37.9 Å². The summed E-state index contributed by atoms with van der Waals surface area (Å²) in [7, 11) is 0. The first-order valence-electron chi connectivity index (χ1n) is 52.5. The Bertz CT molecular complexity index is 4460. The van der Waals surface area contributed by atoms with Crippen molar-refractivity contribution in [3.8, 4) is 46.0 Å². The van der Waals surface area contributed by atoms with E-state index in [9.17, 15) is 0 Å². The highest BCUT2D eigenvalue weighted by Gasteiger charge is 2.42. The topological polar surface area (TPSA) is 73.8 Å². The Labute approximate surface area is 828 Å². The van der Waals surface area contributed by atoms with Crippen LogP contribution in [0, 0.1) is 43.3 Å². The molecule has 0 N–H and O–H groups in total. The zero-order valence-electron chi connectivity index (χ0n) is 93.5. The second-order valence-electron chi connectivity index (χ2n) is 58.2. The van der Waals surface area contributed by atoms with Gasteiger partial charge < -0.3 is 37.9 Å². The van der Waals surface area contributed by atoms with Crippen LogP contribution in [0.15, 0.2) is 97.1 Å². The van der Waals surface area contributed by atoms with Gasteiger partial charge in [-0.2, -0.15) is 0 Å². The summed E-state index contributed by atoms with van der Waals surface area (Å²) in [4.78, 5) is 0. The molecule has 14 rings (SSSR count). The zero-order valence-corrected chi connectivity index (χ0v) is 93.5. The minimum atomic E-state index is -0.294. The molecule has 6 aliphatic rings. The molecule has 744 valence electrons. The Kier molecular flexibility index (Phi) is 29.1. The summed E-state index contributed by atoms with van der Waals surface area (Å²) in [6.45, 7) is 99.3. The molecule has 8 aromatic carbocycles. The summed E-state index contributed by atoms with van der Waals surface area (Å²) < 4.78 is 65.0. The Balaban J connectivity index is 1.29. The van der Waals surface area contributed by atoms with Gasteiger partial charge in [-0.3, -0.25) is 0 Å². The first-order valence-corrected chi connectivity index (χ1v) is 52.5. The van der Waals surface area contributed by atoms with Crippen LogP contribution in [0.3, 0.4) is 0 Å². The molecule has 8 aromatic rings. The SMILES string of the molecule is CC(C)(C)CC(C)(C)c1cc2c3c(c1)Cc1cc(C(C)(C)CC(C)(C)C)cc4c1OCCOc1c5cc(C(C)(C)CC(C)(C)C)cc1Cc1cc(C(C)(C)CC(C)(C)C)cc6c1OCCOc1c(cc(C(C)(C)CC(C)(C)C)cc1C4)Cc1cc(C(C)(C)CC(C)(C)C)cc(c1OCCOc1c(cc(C(C)(C)CC(C)(C)C)cc1C6)Cc1cc(C(C)(C)CC(C)(C)C)cc(c1OCCO3)C5)C2. The Morgan fingerprint density at radius 2 is 0.206 bits per heavy atom. The van der Waals surface area contributed by atoms with Gasteiger partial charge in [-0.1, -0.05) is 374 Å². The molecule has 0 spiro atoms. The van der Waals surface area contributed by atoms with Crippen LogP contribution in [0.1, 0.15) is 462 Å². The average Bonchev–Trinajstić information content (AvgIpc) is 0.755. The molecule has 136 heavy (non-hydrogen) atoms. The molecule has 0 saturated heterocycles. The van der Waals surface area contributed by atoms with Gasteiger partial charge in [0.2, 0.25) is 0 Å². The van der Waals surface area contributed by atoms with Crippen molar-refractivity contribution in [3.05, 3.63) is 231 Å². The predicted octanol–water partition coefficient (Wildman–Crippen LogP) is 33.5. The number of ether oxygens (including phenoxy) is 8. The van der Waals surface area contributed by atoms with Gasteiger partial charge in [-0.15, -0.1) is 0 Å². The van der Waals surface area contributed by atoms with E-state index < -0.39 is 0 Å². The minimum Gasteiger partial charge on any atom is -0.489 e. The highest BCUT2D eigenvalue weighted by molar-refractivity contribution is 5.64. The fraction of sp³-hybridized carbons (Fsp3) is 0.625. The highest BCUT2D eigenvalue weighted by Crippen LogP contribution is 2.54. The van der Waals surface area contributed by atoms with Crippen LogP contribution >= 0.6 is 0 Å². The van der Waals surface area contributed by atoms with Crippen LogP contribution in [-0.2, 0) is 94.7 Å². The molecule has 0 radical (unpaired) electrons. The summed E-state index contributed by atoms with van der Waals surface area (Å²) in [5.74, 6) is 7.05. The van der Waals surface area contributed by atoms with E-state index >= 15 is 0 Å². The molecule has 0 fully saturated rings. The third kappa shape index (κ3) is 25.9. The monoisotopic (exact) mass is 1850 g/mol. The largest absolute Gasteiger partial charge is 0.489 e. The lowest BCUT2D eigenvalue weighted by Crippen LogP contribution is -2.27. The Hall–Kier alpha value is -7.84. The fourth-order valence-corrected chi connectivity index (χ4v) is 27.0. The molecule has 2 aliphatic carbocycles. The number of fused-ring (bicyclic) bond motifs is 12. The summed E-state index contributed by atoms with van der Waals surface area (Å²) in [6, 6.07) is 40.7. The van der Waals surface area contributed by atoms with E-state index in [1.54, 1.807) is 0 Å². The molecule has 0 unspecified atom stereocenters. The fourth-order valence-electron chi connectivity index (χ4n) is 27.0. The zero-order chi connectivity index (χ0) is 100. The molecule has 0 aromatic heterocycles. The maximum Gasteiger partial charge on any atom is 0.126 e. The second kappa shape index (κ2) is 37.6. The van der Waals surface area contributed by atoms with Gasteiger partial charge in [0.1, 0.15) is 98.9 Å². The van der Waals surface area contributed by atoms with E-state index in [1.807, 2.05) is 0 Å². The quantitative estimate of drug-likeness (QED) is 0.0947. The van der Waals surface area contributed by atoms with Crippen molar-refractivity contribution in [2.75, 3.05) is 52.9 Å². The molecular weight excluding hydrogens is 1670 g/mol. The lowest BCUT2D eigenvalue weighted by molar-refractivity contribution is 0.206. The molecule has 4 heterocycles. The Morgan fingerprint density at radius 3 is 0.272 bits per heavy atom. The maximum atomic E-state index is 8.12. The van der Waals surface area contributed by atoms with Crippen molar-refractivity contribution in [1.29, 1.82) is 0 Å². The summed E-state index contributed by atoms with van der Waals surface area (Å²) in [5.41, 5.74) is 25.6. The van der Waals surface area contributed by atoms with Crippen LogP contribution < -0.4 is 37.9 Å². The van der Waals surface area contributed by atoms with E-state index in [2.05, 4.69) is 374 Å². The summed E-state index contributed by atoms with van der Waals surface area (Å²) in [6.07, 6.45) is 11.6. The van der Waals surface area contributed by atoms with Gasteiger partial charge in [0, 0.05) is 51.4 Å². The van der Waals surface area contributed by atoms with Crippen molar-refractivity contribution in [1.82, 2.24) is 0 Å². The lowest BCUT2D eigenvalue weighted by Gasteiger charge is -2.36. The van der Waals surface area contributed by atoms with Crippen molar-refractivity contribution in [2.24, 2.45) is 43.3 Å². The van der Waals surface area contributed by atoms with E-state index in [-0.39, 0.29) is 139 Å². The Morgan fingerprint density at radius 1 is 0.132 bits per heavy atom. The lowest BCUT2D eigenvalue weighted by atomic mass is 9.70. The normalized spacial score (nSPS) is 16.2. The number of rotatable bonds is 16. The van der Waals surface area contributed by atoms with Gasteiger partial charge in [0.15, 0.2) is 0 Å². The molecule has 4 aliphatic heterocycles. The molecule has 24 bridgehead atoms. The third-order valence-electron chi connectivity index (χ3n) is 29.3. The van der Waals surface area contributed by atoms with Crippen molar-refractivity contribution < 1.29 is 37.9 Å². The number of hydrogen-bond acceptors (Lipinski definition) is 8. The van der Waals surface area contributed by atoms with Gasteiger partial charge in [-0.25, -0.2) is 0 Å². The minimum absolute atomic E-state index is 0.0103. The molecule has 8 heteroatoms. The van der Waals surface area contributed by atoms with Crippen molar-refractivity contribution in [3.63, 3.8) is 0 Å². The third-order valence-corrected chi connectivity index (χ3v) is 29.3. The van der Waals surface area contributed by atoms with E-state index in [0.29, 0.717) is 51.4 Å². The molecule has 0 saturated carbocycles. The van der Waals surface area contributed by atoms with Gasteiger partial charge in [0.05, 0.1) is 0 Å². The van der Waals surface area contributed by atoms with Gasteiger partial charge in [0.25, 0.3) is 0 Å². The van der Waals surface area contributed by atoms with Crippen molar-refractivity contribution >= 4 is 0 Å². The first kappa shape index (κ1) is 105.